The van der Waals surface area contributed by atoms with Gasteiger partial charge >= 0.3 is 148 Å². The van der Waals surface area contributed by atoms with E-state index in [1.54, 1.807) is 68.4 Å². The van der Waals surface area contributed by atoms with E-state index in [0.717, 1.165) is 17.7 Å². The fourth-order valence-corrected chi connectivity index (χ4v) is 13.6. The quantitative estimate of drug-likeness (QED) is 0.0178. The Morgan fingerprint density at radius 2 is 1.13 bits per heavy atom. The summed E-state index contributed by atoms with van der Waals surface area (Å²) in [5, 5.41) is 1.97. The number of carbonyl (C=O) groups excluding carboxylic acids is 1. The predicted octanol–water partition coefficient (Wildman–Crippen LogP) is -10.7. The van der Waals surface area contributed by atoms with Crippen LogP contribution in [0.1, 0.15) is 64.2 Å². The molecule has 2 heterocycles. The summed E-state index contributed by atoms with van der Waals surface area (Å²) in [6.07, 6.45) is 5.73. The number of amides is 1. The molecule has 0 bridgehead atoms. The van der Waals surface area contributed by atoms with Gasteiger partial charge in [0.25, 0.3) is 0 Å². The van der Waals surface area contributed by atoms with Crippen molar-refractivity contribution in [3.63, 3.8) is 0 Å². The van der Waals surface area contributed by atoms with E-state index in [1.807, 2.05) is 0 Å². The summed E-state index contributed by atoms with van der Waals surface area (Å²) in [4.78, 5) is 9.58. The average molecular weight is 1330 g/mol. The van der Waals surface area contributed by atoms with E-state index in [4.69, 9.17) is 4.74 Å². The molecule has 23 nitrogen and oxygen atoms in total. The molecule has 2 aliphatic rings. The maximum atomic E-state index is 12.6. The van der Waals surface area contributed by atoms with E-state index >= 15 is 0 Å². The second kappa shape index (κ2) is 30.0. The number of nitrogens with zero attached hydrogens (tertiary/aromatic N) is 2. The molecule has 7 rings (SSSR count). The largest absolute Gasteiger partial charge is 1.00 e. The Hall–Kier alpha value is -1.22. The molecule has 5 aromatic rings. The number of ether oxygens (including phenoxy) is 1. The minimum atomic E-state index is -5.43. The third-order valence-corrected chi connectivity index (χ3v) is 18.5. The molecule has 0 aromatic heterocycles. The van der Waals surface area contributed by atoms with Gasteiger partial charge < -0.3 is 42.3 Å². The molecule has 0 saturated carbocycles. The molecular weight excluding hydrogens is 1280 g/mol. The minimum absolute atomic E-state index is 0. The molecule has 2 aliphatic heterocycles. The number of hydrogen-bond acceptors (Lipinski definition) is 21. The van der Waals surface area contributed by atoms with Crippen molar-refractivity contribution >= 4 is 105 Å². The van der Waals surface area contributed by atoms with Crippen LogP contribution in [0.25, 0.3) is 21.5 Å². The normalized spacial score (nSPS) is 15.5. The van der Waals surface area contributed by atoms with Crippen molar-refractivity contribution < 1.29 is 240 Å². The Labute approximate surface area is 605 Å². The summed E-state index contributed by atoms with van der Waals surface area (Å²) in [7, 11) is -31.2. The molecule has 0 spiro atoms. The topological polar surface area (TPSA) is 388 Å². The van der Waals surface area contributed by atoms with Crippen molar-refractivity contribution in [3.8, 4) is 5.75 Å². The summed E-state index contributed by atoms with van der Waals surface area (Å²) in [5.41, 5.74) is -0.226. The Balaban J connectivity index is 0.00000493. The van der Waals surface area contributed by atoms with Crippen LogP contribution in [0.2, 0.25) is 0 Å². The Bertz CT molecular complexity index is 4310. The molecule has 430 valence electrons. The van der Waals surface area contributed by atoms with E-state index in [1.165, 1.54) is 48.6 Å². The smallest absolute Gasteiger partial charge is 0.748 e. The van der Waals surface area contributed by atoms with Gasteiger partial charge in [-0.25, -0.2) is 50.5 Å². The summed E-state index contributed by atoms with van der Waals surface area (Å²) in [6, 6.07) is 14.6. The zero-order valence-corrected chi connectivity index (χ0v) is 63.0. The molecule has 0 unspecified atom stereocenters. The SMILES string of the molecule is C=C(C)C(=O)NCCc1ccc(OC(=C\C=C2/N(CCCS(=O)(=O)[O-])c3ccc4c(S(=O)(=O)[O-])cc(S(=O)(=O)[O-])cc4c3C2(C)C)/C=C/C2=[N+](CCCS(=O)(=O)[O-])c3ccc4c(S(=O)(=O)[O-])cc(S(=O)(=O)[O-])cc4c3C2(C)C)cc1.[Na+].[Na+].[Na+].[Na+].[Na+]. The maximum absolute atomic E-state index is 12.6. The molecule has 0 atom stereocenters. The van der Waals surface area contributed by atoms with Gasteiger partial charge in [-0.05, 0) is 128 Å². The molecule has 34 heteroatoms. The van der Waals surface area contributed by atoms with Crippen molar-refractivity contribution in [2.45, 2.75) is 84.3 Å². The van der Waals surface area contributed by atoms with Crippen LogP contribution in [0, 0.1) is 0 Å². The van der Waals surface area contributed by atoms with Crippen LogP contribution >= 0.6 is 0 Å². The van der Waals surface area contributed by atoms with Gasteiger partial charge in [-0.2, -0.15) is 4.58 Å². The van der Waals surface area contributed by atoms with Crippen molar-refractivity contribution in [2.24, 2.45) is 0 Å². The van der Waals surface area contributed by atoms with Gasteiger partial charge in [-0.3, -0.25) is 4.79 Å². The van der Waals surface area contributed by atoms with Gasteiger partial charge in [0.15, 0.2) is 5.71 Å². The maximum Gasteiger partial charge on any atom is 1.00 e. The number of anilines is 1. The monoisotopic (exact) mass is 1330 g/mol. The molecule has 0 fully saturated rings. The standard InChI is InChI=1S/C51H55N3O20S6.5Na/c1-31(2)49(55)52-22-21-32-9-11-33(12-10-32)74-34(13-19-45-50(3,4)47-39-27-35(77(62,63)64)29-43(79(68,69)70)37(39)15-17-41(47)53(45)23-7-25-75(56,57)58)14-20-46-51(5,6)48-40-28-36(78(65,66)67)30-44(80(71,72)73)38(40)16-18-42(48)54(46)24-8-26-76(59,60)61;;;;;/h9-20,27-30H,1,7-8,21-26H2,2-6H3,(H6-,52,55,56,57,58,59,60,61,62,63,64,65,66,67,68,69,70,71,72,73);;;;;/q;5*+1/p-5. The number of carbonyl (C=O) groups is 1. The van der Waals surface area contributed by atoms with Crippen molar-refractivity contribution in [2.75, 3.05) is 36.0 Å². The van der Waals surface area contributed by atoms with E-state index in [2.05, 4.69) is 11.9 Å². The molecule has 0 radical (unpaired) electrons. The molecule has 85 heavy (non-hydrogen) atoms. The van der Waals surface area contributed by atoms with Crippen LogP contribution < -0.4 is 163 Å². The van der Waals surface area contributed by atoms with E-state index < -0.39 is 103 Å². The van der Waals surface area contributed by atoms with Crippen LogP contribution in [0.15, 0.2) is 140 Å². The van der Waals surface area contributed by atoms with Crippen LogP contribution in [-0.2, 0) is 82.8 Å². The Morgan fingerprint density at radius 3 is 1.61 bits per heavy atom. The Morgan fingerprint density at radius 1 is 0.635 bits per heavy atom. The molecule has 5 aromatic carbocycles. The van der Waals surface area contributed by atoms with E-state index in [9.17, 15) is 82.6 Å². The zero-order chi connectivity index (χ0) is 59.5. The van der Waals surface area contributed by atoms with E-state index in [-0.39, 0.29) is 253 Å². The average Bonchev–Trinajstić information content (AvgIpc) is 3.67. The second-order valence-corrected chi connectivity index (χ2v) is 28.4. The van der Waals surface area contributed by atoms with Crippen LogP contribution in [-0.4, -0.2) is 125 Å². The fourth-order valence-electron chi connectivity index (χ4n) is 10.0. The van der Waals surface area contributed by atoms with Gasteiger partial charge in [-0.1, -0.05) is 38.6 Å². The van der Waals surface area contributed by atoms with Crippen molar-refractivity contribution in [1.29, 1.82) is 0 Å². The summed E-state index contributed by atoms with van der Waals surface area (Å²) in [6.45, 7) is 11.5. The molecular formula is C51H50N3Na5O20S6. The fraction of sp³-hybridized carbons (Fsp3) is 0.294. The molecule has 1 N–H and O–H groups in total. The first-order valence-electron chi connectivity index (χ1n) is 23.9. The zero-order valence-electron chi connectivity index (χ0n) is 48.1. The third kappa shape index (κ3) is 19.0. The number of benzene rings is 5. The van der Waals surface area contributed by atoms with Crippen molar-refractivity contribution in [1.82, 2.24) is 5.32 Å². The first-order chi connectivity index (χ1) is 36.7. The molecule has 0 aliphatic carbocycles. The van der Waals surface area contributed by atoms with Crippen LogP contribution in [0.3, 0.4) is 0 Å². The summed E-state index contributed by atoms with van der Waals surface area (Å²) in [5.74, 6) is -1.82. The Kier molecular flexibility index (Phi) is 28.2. The summed E-state index contributed by atoms with van der Waals surface area (Å²) >= 11 is 0. The van der Waals surface area contributed by atoms with Crippen molar-refractivity contribution in [3.05, 3.63) is 137 Å². The second-order valence-electron chi connectivity index (χ2n) is 19.9. The number of allylic oxidation sites excluding steroid dienone is 5. The van der Waals surface area contributed by atoms with Crippen LogP contribution in [0.5, 0.6) is 5.75 Å². The summed E-state index contributed by atoms with van der Waals surface area (Å²) < 4.78 is 230. The molecule has 1 amide bonds. The van der Waals surface area contributed by atoms with Crippen LogP contribution in [0.4, 0.5) is 11.4 Å². The van der Waals surface area contributed by atoms with Gasteiger partial charge in [-0.15, -0.1) is 0 Å². The minimum Gasteiger partial charge on any atom is -0.748 e. The van der Waals surface area contributed by atoms with Gasteiger partial charge in [0.05, 0.1) is 45.2 Å². The molecule has 0 saturated heterocycles. The number of rotatable bonds is 21. The number of fused-ring (bicyclic) bond motifs is 6. The first-order valence-corrected chi connectivity index (χ1v) is 32.7. The predicted molar refractivity (Wildman–Crippen MR) is 285 cm³/mol. The number of hydrogen-bond donors (Lipinski definition) is 1. The van der Waals surface area contributed by atoms with Gasteiger partial charge in [0.1, 0.15) is 58.5 Å². The van der Waals surface area contributed by atoms with Gasteiger partial charge in [0, 0.05) is 76.5 Å². The van der Waals surface area contributed by atoms with E-state index in [0.29, 0.717) is 24.1 Å². The number of nitrogens with one attached hydrogen (secondary N) is 1. The van der Waals surface area contributed by atoms with Gasteiger partial charge in [0.2, 0.25) is 11.6 Å². The third-order valence-electron chi connectivity index (χ3n) is 13.5. The first kappa shape index (κ1) is 79.9.